The zero-order chi connectivity index (χ0) is 14.4. The lowest BCUT2D eigenvalue weighted by molar-refractivity contribution is 0.162. The summed E-state index contributed by atoms with van der Waals surface area (Å²) in [5.41, 5.74) is 6.85. The maximum Gasteiger partial charge on any atom is 0.138 e. The Labute approximate surface area is 125 Å². The summed E-state index contributed by atoms with van der Waals surface area (Å²) in [5.74, 6) is 1.63. The van der Waals surface area contributed by atoms with Crippen molar-refractivity contribution in [2.24, 2.45) is 5.73 Å². The van der Waals surface area contributed by atoms with Crippen molar-refractivity contribution < 1.29 is 4.74 Å². The maximum absolute atomic E-state index is 9.40. The van der Waals surface area contributed by atoms with E-state index in [1.54, 1.807) is 11.8 Å². The zero-order valence-electron chi connectivity index (χ0n) is 12.0. The third-order valence-electron chi connectivity index (χ3n) is 3.68. The summed E-state index contributed by atoms with van der Waals surface area (Å²) in [6, 6.07) is 8.18. The molecular formula is C16H22N2OS. The molecule has 108 valence electrons. The van der Waals surface area contributed by atoms with Gasteiger partial charge in [0.25, 0.3) is 0 Å². The fourth-order valence-electron chi connectivity index (χ4n) is 2.61. The second kappa shape index (κ2) is 7.56. The molecule has 2 rings (SSSR count). The molecule has 2 atom stereocenters. The average molecular weight is 290 g/mol. The fourth-order valence-corrected chi connectivity index (χ4v) is 3.38. The number of nitrogens with zero attached hydrogens (tertiary/aromatic N) is 1. The number of thioether (sulfide) groups is 1. The van der Waals surface area contributed by atoms with Gasteiger partial charge in [-0.25, -0.2) is 0 Å². The van der Waals surface area contributed by atoms with Gasteiger partial charge in [0.1, 0.15) is 23.5 Å². The Kier molecular flexibility index (Phi) is 5.75. The van der Waals surface area contributed by atoms with Crippen molar-refractivity contribution in [2.45, 2.75) is 56.1 Å². The molecule has 20 heavy (non-hydrogen) atoms. The monoisotopic (exact) mass is 290 g/mol. The van der Waals surface area contributed by atoms with Crippen LogP contribution in [0.3, 0.4) is 0 Å². The SMILES string of the molecule is CCSc1cccc(OC2CCCCCC2N)c1C#N. The number of ether oxygens (including phenoxy) is 1. The van der Waals surface area contributed by atoms with Gasteiger partial charge in [0, 0.05) is 10.9 Å². The molecule has 0 aliphatic heterocycles. The van der Waals surface area contributed by atoms with Crippen molar-refractivity contribution in [2.75, 3.05) is 5.75 Å². The quantitative estimate of drug-likeness (QED) is 0.678. The third-order valence-corrected chi connectivity index (χ3v) is 4.62. The molecule has 2 unspecified atom stereocenters. The Morgan fingerprint density at radius 1 is 1.35 bits per heavy atom. The maximum atomic E-state index is 9.40. The van der Waals surface area contributed by atoms with Gasteiger partial charge in [-0.05, 0) is 37.1 Å². The predicted octanol–water partition coefficient (Wildman–Crippen LogP) is 3.71. The van der Waals surface area contributed by atoms with E-state index in [0.717, 1.165) is 29.9 Å². The molecule has 1 fully saturated rings. The summed E-state index contributed by atoms with van der Waals surface area (Å²) in [4.78, 5) is 0.995. The standard InChI is InChI=1S/C16H22N2OS/c1-2-20-16-10-6-9-14(12(16)11-17)19-15-8-5-3-4-7-13(15)18/h6,9-10,13,15H,2-5,7-8,18H2,1H3. The van der Waals surface area contributed by atoms with Gasteiger partial charge in [-0.1, -0.05) is 25.8 Å². The number of rotatable bonds is 4. The van der Waals surface area contributed by atoms with Gasteiger partial charge in [-0.2, -0.15) is 5.26 Å². The fraction of sp³-hybridized carbons (Fsp3) is 0.562. The van der Waals surface area contributed by atoms with Crippen LogP contribution in [0.2, 0.25) is 0 Å². The van der Waals surface area contributed by atoms with Crippen LogP contribution in [0.15, 0.2) is 23.1 Å². The van der Waals surface area contributed by atoms with E-state index >= 15 is 0 Å². The molecule has 1 aliphatic carbocycles. The molecule has 0 heterocycles. The van der Waals surface area contributed by atoms with Crippen LogP contribution in [0.4, 0.5) is 0 Å². The molecule has 0 radical (unpaired) electrons. The van der Waals surface area contributed by atoms with Crippen molar-refractivity contribution in [3.05, 3.63) is 23.8 Å². The summed E-state index contributed by atoms with van der Waals surface area (Å²) >= 11 is 1.67. The molecular weight excluding hydrogens is 268 g/mol. The second-order valence-electron chi connectivity index (χ2n) is 5.13. The molecule has 0 spiro atoms. The smallest absolute Gasteiger partial charge is 0.138 e. The van der Waals surface area contributed by atoms with Gasteiger partial charge in [-0.15, -0.1) is 11.8 Å². The molecule has 0 amide bonds. The largest absolute Gasteiger partial charge is 0.487 e. The van der Waals surface area contributed by atoms with E-state index < -0.39 is 0 Å². The summed E-state index contributed by atoms with van der Waals surface area (Å²) in [6.07, 6.45) is 5.59. The van der Waals surface area contributed by atoms with E-state index in [0.29, 0.717) is 11.3 Å². The molecule has 2 N–H and O–H groups in total. The normalized spacial score (nSPS) is 22.9. The lowest BCUT2D eigenvalue weighted by Gasteiger charge is -2.23. The lowest BCUT2D eigenvalue weighted by Crippen LogP contribution is -2.38. The number of hydrogen-bond acceptors (Lipinski definition) is 4. The van der Waals surface area contributed by atoms with Crippen LogP contribution in [0.1, 0.15) is 44.6 Å². The Balaban J connectivity index is 2.19. The van der Waals surface area contributed by atoms with Crippen LogP contribution >= 0.6 is 11.8 Å². The van der Waals surface area contributed by atoms with Gasteiger partial charge in [0.05, 0.1) is 0 Å². The van der Waals surface area contributed by atoms with Crippen molar-refractivity contribution >= 4 is 11.8 Å². The first-order chi connectivity index (χ1) is 9.76. The molecule has 1 aliphatic rings. The average Bonchev–Trinajstić information content (AvgIpc) is 2.65. The molecule has 4 heteroatoms. The topological polar surface area (TPSA) is 59.0 Å². The first kappa shape index (κ1) is 15.2. The van der Waals surface area contributed by atoms with Crippen LogP contribution in [-0.2, 0) is 0 Å². The van der Waals surface area contributed by atoms with Crippen LogP contribution < -0.4 is 10.5 Å². The molecule has 1 aromatic carbocycles. The van der Waals surface area contributed by atoms with Gasteiger partial charge < -0.3 is 10.5 Å². The van der Waals surface area contributed by atoms with Crippen LogP contribution in [0, 0.1) is 11.3 Å². The van der Waals surface area contributed by atoms with E-state index in [-0.39, 0.29) is 12.1 Å². The Morgan fingerprint density at radius 2 is 2.15 bits per heavy atom. The lowest BCUT2D eigenvalue weighted by atomic mass is 10.1. The Hall–Kier alpha value is -1.18. The predicted molar refractivity (Wildman–Crippen MR) is 83.0 cm³/mol. The highest BCUT2D eigenvalue weighted by Gasteiger charge is 2.23. The molecule has 1 saturated carbocycles. The highest BCUT2D eigenvalue weighted by molar-refractivity contribution is 7.99. The summed E-state index contributed by atoms with van der Waals surface area (Å²) < 4.78 is 6.10. The van der Waals surface area contributed by atoms with Crippen LogP contribution in [0.25, 0.3) is 0 Å². The Morgan fingerprint density at radius 3 is 2.90 bits per heavy atom. The highest BCUT2D eigenvalue weighted by atomic mass is 32.2. The second-order valence-corrected chi connectivity index (χ2v) is 6.44. The minimum Gasteiger partial charge on any atom is -0.487 e. The van der Waals surface area contributed by atoms with E-state index in [4.69, 9.17) is 10.5 Å². The minimum absolute atomic E-state index is 0.0338. The van der Waals surface area contributed by atoms with Gasteiger partial charge in [-0.3, -0.25) is 0 Å². The summed E-state index contributed by atoms with van der Waals surface area (Å²) in [6.45, 7) is 2.08. The third kappa shape index (κ3) is 3.68. The molecule has 0 aromatic heterocycles. The van der Waals surface area contributed by atoms with Crippen LogP contribution in [-0.4, -0.2) is 17.9 Å². The molecule has 3 nitrogen and oxygen atoms in total. The van der Waals surface area contributed by atoms with Crippen molar-refractivity contribution in [3.63, 3.8) is 0 Å². The van der Waals surface area contributed by atoms with E-state index in [1.165, 1.54) is 12.8 Å². The van der Waals surface area contributed by atoms with Crippen molar-refractivity contribution in [1.82, 2.24) is 0 Å². The number of benzene rings is 1. The highest BCUT2D eigenvalue weighted by Crippen LogP contribution is 2.31. The van der Waals surface area contributed by atoms with E-state index in [9.17, 15) is 5.26 Å². The number of nitriles is 1. The minimum atomic E-state index is 0.0338. The van der Waals surface area contributed by atoms with Gasteiger partial charge in [0.2, 0.25) is 0 Å². The van der Waals surface area contributed by atoms with Gasteiger partial charge in [0.15, 0.2) is 0 Å². The molecule has 0 saturated heterocycles. The number of hydrogen-bond donors (Lipinski definition) is 1. The van der Waals surface area contributed by atoms with E-state index in [1.807, 2.05) is 18.2 Å². The zero-order valence-corrected chi connectivity index (χ0v) is 12.8. The Bertz CT molecular complexity index is 484. The first-order valence-corrected chi connectivity index (χ1v) is 8.33. The van der Waals surface area contributed by atoms with Gasteiger partial charge >= 0.3 is 0 Å². The van der Waals surface area contributed by atoms with Crippen LogP contribution in [0.5, 0.6) is 5.75 Å². The van der Waals surface area contributed by atoms with Crippen molar-refractivity contribution in [3.8, 4) is 11.8 Å². The van der Waals surface area contributed by atoms with E-state index in [2.05, 4.69) is 13.0 Å². The summed E-state index contributed by atoms with van der Waals surface area (Å²) in [7, 11) is 0. The first-order valence-electron chi connectivity index (χ1n) is 7.34. The molecule has 0 bridgehead atoms. The number of nitrogens with two attached hydrogens (primary N) is 1. The molecule has 1 aromatic rings. The summed E-state index contributed by atoms with van der Waals surface area (Å²) in [5, 5.41) is 9.40. The van der Waals surface area contributed by atoms with Crippen molar-refractivity contribution in [1.29, 1.82) is 5.26 Å².